The summed E-state index contributed by atoms with van der Waals surface area (Å²) in [6.45, 7) is 1.97. The van der Waals surface area contributed by atoms with Crippen molar-refractivity contribution in [1.82, 2.24) is 0 Å². The molecule has 1 heterocycles. The molecule has 1 aromatic heterocycles. The predicted octanol–water partition coefficient (Wildman–Crippen LogP) is 6.26. The van der Waals surface area contributed by atoms with Gasteiger partial charge < -0.3 is 14.5 Å². The molecule has 8 heteroatoms. The van der Waals surface area contributed by atoms with Gasteiger partial charge in [0, 0.05) is 5.02 Å². The SMILES string of the molecule is Cc1ccc(Oc2ccc(Cl)cc2NC(=O)c2ccc(CS(=O)(=O)c3ccccc3)o2)cc1. The first kappa shape index (κ1) is 22.6. The summed E-state index contributed by atoms with van der Waals surface area (Å²) in [5.74, 6) is 0.207. The molecule has 4 aromatic rings. The Morgan fingerprint density at radius 1 is 0.970 bits per heavy atom. The van der Waals surface area contributed by atoms with E-state index in [-0.39, 0.29) is 22.2 Å². The molecule has 0 aliphatic heterocycles. The first-order valence-corrected chi connectivity index (χ1v) is 12.1. The Morgan fingerprint density at radius 3 is 2.42 bits per heavy atom. The van der Waals surface area contributed by atoms with E-state index in [1.54, 1.807) is 36.4 Å². The molecule has 0 bridgehead atoms. The summed E-state index contributed by atoms with van der Waals surface area (Å²) in [4.78, 5) is 13.0. The van der Waals surface area contributed by atoms with Crippen LogP contribution in [0.4, 0.5) is 5.69 Å². The molecule has 1 amide bonds. The van der Waals surface area contributed by atoms with Gasteiger partial charge in [-0.15, -0.1) is 0 Å². The van der Waals surface area contributed by atoms with Crippen molar-refractivity contribution in [3.63, 3.8) is 0 Å². The molecule has 0 aliphatic rings. The fourth-order valence-corrected chi connectivity index (χ4v) is 4.52. The van der Waals surface area contributed by atoms with Gasteiger partial charge in [0.2, 0.25) is 0 Å². The van der Waals surface area contributed by atoms with Crippen LogP contribution in [0.5, 0.6) is 11.5 Å². The normalized spacial score (nSPS) is 11.2. The number of rotatable bonds is 7. The van der Waals surface area contributed by atoms with Gasteiger partial charge in [0.25, 0.3) is 5.91 Å². The minimum atomic E-state index is -3.60. The number of aryl methyl sites for hydroxylation is 1. The summed E-state index contributed by atoms with van der Waals surface area (Å²) in [5, 5.41) is 3.13. The fourth-order valence-electron chi connectivity index (χ4n) is 3.08. The van der Waals surface area contributed by atoms with E-state index in [2.05, 4.69) is 5.32 Å². The van der Waals surface area contributed by atoms with Crippen LogP contribution in [-0.2, 0) is 15.6 Å². The van der Waals surface area contributed by atoms with Gasteiger partial charge in [0.1, 0.15) is 17.3 Å². The molecule has 33 heavy (non-hydrogen) atoms. The van der Waals surface area contributed by atoms with Crippen molar-refractivity contribution in [2.75, 3.05) is 5.32 Å². The zero-order chi connectivity index (χ0) is 23.4. The number of carbonyl (C=O) groups is 1. The summed E-state index contributed by atoms with van der Waals surface area (Å²) in [7, 11) is -3.60. The Balaban J connectivity index is 1.50. The summed E-state index contributed by atoms with van der Waals surface area (Å²) in [6, 6.07) is 23.3. The number of hydrogen-bond donors (Lipinski definition) is 1. The van der Waals surface area contributed by atoms with Crippen molar-refractivity contribution in [3.8, 4) is 11.5 Å². The van der Waals surface area contributed by atoms with E-state index >= 15 is 0 Å². The Morgan fingerprint density at radius 2 is 1.70 bits per heavy atom. The van der Waals surface area contributed by atoms with Crippen LogP contribution >= 0.6 is 11.6 Å². The second-order valence-electron chi connectivity index (χ2n) is 7.35. The van der Waals surface area contributed by atoms with E-state index in [9.17, 15) is 13.2 Å². The Bertz CT molecular complexity index is 1380. The van der Waals surface area contributed by atoms with Gasteiger partial charge in [0.05, 0.1) is 10.6 Å². The lowest BCUT2D eigenvalue weighted by atomic mass is 10.2. The summed E-state index contributed by atoms with van der Waals surface area (Å²) in [5.41, 5.74) is 1.44. The molecule has 4 rings (SSSR count). The van der Waals surface area contributed by atoms with Crippen molar-refractivity contribution >= 4 is 33.0 Å². The van der Waals surface area contributed by atoms with E-state index in [0.717, 1.165) is 5.56 Å². The standard InChI is InChI=1S/C25H20ClNO5S/c1-17-7-10-19(11-8-17)31-23-13-9-18(26)15-22(23)27-25(28)24-14-12-20(32-24)16-33(29,30)21-5-3-2-4-6-21/h2-15H,16H2,1H3,(H,27,28). The molecule has 0 fully saturated rings. The number of anilines is 1. The molecule has 0 saturated heterocycles. The maximum absolute atomic E-state index is 12.8. The number of halogens is 1. The number of nitrogens with one attached hydrogen (secondary N) is 1. The largest absolute Gasteiger partial charge is 0.455 e. The minimum Gasteiger partial charge on any atom is -0.455 e. The summed E-state index contributed by atoms with van der Waals surface area (Å²) >= 11 is 6.11. The number of sulfone groups is 1. The van der Waals surface area contributed by atoms with Crippen LogP contribution in [0.1, 0.15) is 21.9 Å². The number of hydrogen-bond acceptors (Lipinski definition) is 5. The van der Waals surface area contributed by atoms with Crippen LogP contribution in [0.25, 0.3) is 0 Å². The van der Waals surface area contributed by atoms with Crippen LogP contribution in [0.15, 0.2) is 94.2 Å². The highest BCUT2D eigenvalue weighted by molar-refractivity contribution is 7.90. The van der Waals surface area contributed by atoms with Gasteiger partial charge in [-0.25, -0.2) is 8.42 Å². The zero-order valence-electron chi connectivity index (χ0n) is 17.6. The van der Waals surface area contributed by atoms with E-state index in [0.29, 0.717) is 22.2 Å². The van der Waals surface area contributed by atoms with Crippen molar-refractivity contribution in [2.24, 2.45) is 0 Å². The van der Waals surface area contributed by atoms with Gasteiger partial charge in [-0.1, -0.05) is 47.5 Å². The van der Waals surface area contributed by atoms with Crippen LogP contribution in [0.3, 0.4) is 0 Å². The average Bonchev–Trinajstić information content (AvgIpc) is 3.25. The fraction of sp³-hybridized carbons (Fsp3) is 0.0800. The topological polar surface area (TPSA) is 85.6 Å². The number of carbonyl (C=O) groups excluding carboxylic acids is 1. The molecular weight excluding hydrogens is 462 g/mol. The quantitative estimate of drug-likeness (QED) is 0.336. The second kappa shape index (κ2) is 9.52. The first-order valence-electron chi connectivity index (χ1n) is 10.0. The number of amides is 1. The molecule has 0 aliphatic carbocycles. The van der Waals surface area contributed by atoms with Crippen LogP contribution < -0.4 is 10.1 Å². The van der Waals surface area contributed by atoms with Gasteiger partial charge in [-0.05, 0) is 61.5 Å². The van der Waals surface area contributed by atoms with Crippen LogP contribution in [0.2, 0.25) is 5.02 Å². The van der Waals surface area contributed by atoms with E-state index in [1.165, 1.54) is 24.3 Å². The van der Waals surface area contributed by atoms with E-state index < -0.39 is 15.7 Å². The molecule has 0 spiro atoms. The number of ether oxygens (including phenoxy) is 1. The molecular formula is C25H20ClNO5S. The van der Waals surface area contributed by atoms with Gasteiger partial charge >= 0.3 is 0 Å². The Hall–Kier alpha value is -3.55. The highest BCUT2D eigenvalue weighted by Gasteiger charge is 2.20. The second-order valence-corrected chi connectivity index (χ2v) is 9.77. The smallest absolute Gasteiger partial charge is 0.291 e. The zero-order valence-corrected chi connectivity index (χ0v) is 19.2. The summed E-state index contributed by atoms with van der Waals surface area (Å²) in [6.07, 6.45) is 0. The molecule has 1 N–H and O–H groups in total. The van der Waals surface area contributed by atoms with Crippen LogP contribution in [-0.4, -0.2) is 14.3 Å². The van der Waals surface area contributed by atoms with Gasteiger partial charge in [-0.2, -0.15) is 0 Å². The molecule has 0 unspecified atom stereocenters. The lowest BCUT2D eigenvalue weighted by Crippen LogP contribution is -2.12. The molecule has 3 aromatic carbocycles. The van der Waals surface area contributed by atoms with E-state index in [4.69, 9.17) is 20.8 Å². The predicted molar refractivity (Wildman–Crippen MR) is 127 cm³/mol. The highest BCUT2D eigenvalue weighted by Crippen LogP contribution is 2.32. The lowest BCUT2D eigenvalue weighted by Gasteiger charge is -2.12. The molecule has 0 radical (unpaired) electrons. The maximum atomic E-state index is 12.8. The third-order valence-corrected chi connectivity index (χ3v) is 6.65. The third-order valence-electron chi connectivity index (χ3n) is 4.76. The van der Waals surface area contributed by atoms with E-state index in [1.807, 2.05) is 31.2 Å². The maximum Gasteiger partial charge on any atom is 0.291 e. The average molecular weight is 482 g/mol. The van der Waals surface area contributed by atoms with Crippen molar-refractivity contribution < 1.29 is 22.4 Å². The molecule has 0 saturated carbocycles. The minimum absolute atomic E-state index is 0.0328. The van der Waals surface area contributed by atoms with Crippen molar-refractivity contribution in [2.45, 2.75) is 17.6 Å². The van der Waals surface area contributed by atoms with Gasteiger partial charge in [0.15, 0.2) is 21.3 Å². The molecule has 0 atom stereocenters. The monoisotopic (exact) mass is 481 g/mol. The first-order chi connectivity index (χ1) is 15.8. The lowest BCUT2D eigenvalue weighted by molar-refractivity contribution is 0.0995. The Labute approximate surface area is 196 Å². The Kier molecular flexibility index (Phi) is 6.53. The molecule has 6 nitrogen and oxygen atoms in total. The highest BCUT2D eigenvalue weighted by atomic mass is 35.5. The van der Waals surface area contributed by atoms with Crippen molar-refractivity contribution in [3.05, 3.63) is 107 Å². The number of furan rings is 1. The van der Waals surface area contributed by atoms with Crippen LogP contribution in [0, 0.1) is 6.92 Å². The van der Waals surface area contributed by atoms with Crippen molar-refractivity contribution in [1.29, 1.82) is 0 Å². The number of benzene rings is 3. The summed E-state index contributed by atoms with van der Waals surface area (Å²) < 4.78 is 36.5. The third kappa shape index (κ3) is 5.63. The van der Waals surface area contributed by atoms with Gasteiger partial charge in [-0.3, -0.25) is 4.79 Å². The molecule has 168 valence electrons.